The fourth-order valence-corrected chi connectivity index (χ4v) is 1.94. The van der Waals surface area contributed by atoms with Crippen molar-refractivity contribution in [1.29, 1.82) is 0 Å². The molecule has 6 heteroatoms. The zero-order chi connectivity index (χ0) is 14.0. The Morgan fingerprint density at radius 3 is 2.63 bits per heavy atom. The number of halogens is 2. The van der Waals surface area contributed by atoms with Crippen molar-refractivity contribution in [3.63, 3.8) is 0 Å². The SMILES string of the molecule is CN(Cc1cnn(C)c1)c1ccc(CN)c(F)c1F. The molecule has 0 radical (unpaired) electrons. The number of aromatic nitrogens is 2. The van der Waals surface area contributed by atoms with Gasteiger partial charge < -0.3 is 10.6 Å². The highest BCUT2D eigenvalue weighted by Crippen LogP contribution is 2.24. The molecule has 0 aliphatic heterocycles. The smallest absolute Gasteiger partial charge is 0.182 e. The number of rotatable bonds is 4. The molecule has 4 nitrogen and oxygen atoms in total. The van der Waals surface area contributed by atoms with E-state index >= 15 is 0 Å². The minimum absolute atomic E-state index is 0.0185. The number of nitrogens with zero attached hydrogens (tertiary/aromatic N) is 3. The summed E-state index contributed by atoms with van der Waals surface area (Å²) in [6.45, 7) is 0.432. The van der Waals surface area contributed by atoms with Gasteiger partial charge in [0.15, 0.2) is 11.6 Å². The Morgan fingerprint density at radius 1 is 1.32 bits per heavy atom. The summed E-state index contributed by atoms with van der Waals surface area (Å²) >= 11 is 0. The van der Waals surface area contributed by atoms with Crippen LogP contribution < -0.4 is 10.6 Å². The Hall–Kier alpha value is -1.95. The first-order valence-electron chi connectivity index (χ1n) is 5.88. The Labute approximate surface area is 110 Å². The van der Waals surface area contributed by atoms with Gasteiger partial charge in [-0.3, -0.25) is 4.68 Å². The first kappa shape index (κ1) is 13.5. The van der Waals surface area contributed by atoms with Crippen LogP contribution in [0.25, 0.3) is 0 Å². The Kier molecular flexibility index (Phi) is 3.80. The Bertz CT molecular complexity index is 580. The number of benzene rings is 1. The van der Waals surface area contributed by atoms with Crippen molar-refractivity contribution in [1.82, 2.24) is 9.78 Å². The summed E-state index contributed by atoms with van der Waals surface area (Å²) < 4.78 is 29.2. The molecule has 0 saturated heterocycles. The second kappa shape index (κ2) is 5.36. The zero-order valence-corrected chi connectivity index (χ0v) is 10.9. The molecule has 1 aromatic heterocycles. The molecule has 0 saturated carbocycles. The van der Waals surface area contributed by atoms with Crippen molar-refractivity contribution in [2.24, 2.45) is 12.8 Å². The lowest BCUT2D eigenvalue weighted by atomic mass is 10.1. The lowest BCUT2D eigenvalue weighted by Crippen LogP contribution is -2.18. The average molecular weight is 266 g/mol. The zero-order valence-electron chi connectivity index (χ0n) is 10.9. The molecule has 1 heterocycles. The molecule has 2 aromatic rings. The molecule has 0 unspecified atom stereocenters. The summed E-state index contributed by atoms with van der Waals surface area (Å²) in [6.07, 6.45) is 3.53. The van der Waals surface area contributed by atoms with Crippen molar-refractivity contribution in [2.45, 2.75) is 13.1 Å². The molecule has 19 heavy (non-hydrogen) atoms. The first-order valence-corrected chi connectivity index (χ1v) is 5.88. The van der Waals surface area contributed by atoms with Gasteiger partial charge in [-0.15, -0.1) is 0 Å². The van der Waals surface area contributed by atoms with Gasteiger partial charge in [0.25, 0.3) is 0 Å². The summed E-state index contributed by atoms with van der Waals surface area (Å²) in [5.41, 5.74) is 6.65. The molecule has 2 N–H and O–H groups in total. The fourth-order valence-electron chi connectivity index (χ4n) is 1.94. The molecule has 1 aromatic carbocycles. The third-order valence-electron chi connectivity index (χ3n) is 2.95. The highest BCUT2D eigenvalue weighted by Gasteiger charge is 2.15. The topological polar surface area (TPSA) is 47.1 Å². The van der Waals surface area contributed by atoms with Crippen molar-refractivity contribution in [3.8, 4) is 0 Å². The third kappa shape index (κ3) is 2.73. The van der Waals surface area contributed by atoms with Crippen LogP contribution in [0.1, 0.15) is 11.1 Å². The van der Waals surface area contributed by atoms with Crippen LogP contribution in [0.4, 0.5) is 14.5 Å². The molecule has 0 amide bonds. The molecule has 0 fully saturated rings. The van der Waals surface area contributed by atoms with Gasteiger partial charge in [-0.1, -0.05) is 6.07 Å². The van der Waals surface area contributed by atoms with E-state index in [1.54, 1.807) is 29.9 Å². The maximum atomic E-state index is 13.9. The highest BCUT2D eigenvalue weighted by molar-refractivity contribution is 5.49. The predicted molar refractivity (Wildman–Crippen MR) is 69.6 cm³/mol. The minimum Gasteiger partial charge on any atom is -0.368 e. The largest absolute Gasteiger partial charge is 0.368 e. The van der Waals surface area contributed by atoms with Gasteiger partial charge >= 0.3 is 0 Å². The summed E-state index contributed by atoms with van der Waals surface area (Å²) in [5.74, 6) is -1.74. The Balaban J connectivity index is 2.24. The summed E-state index contributed by atoms with van der Waals surface area (Å²) in [4.78, 5) is 1.63. The van der Waals surface area contributed by atoms with Crippen LogP contribution in [0.15, 0.2) is 24.5 Å². The van der Waals surface area contributed by atoms with Crippen LogP contribution in [0, 0.1) is 11.6 Å². The normalized spacial score (nSPS) is 10.8. The monoisotopic (exact) mass is 266 g/mol. The van der Waals surface area contributed by atoms with E-state index in [0.29, 0.717) is 6.54 Å². The van der Waals surface area contributed by atoms with Gasteiger partial charge in [-0.05, 0) is 6.07 Å². The van der Waals surface area contributed by atoms with E-state index in [0.717, 1.165) is 5.56 Å². The van der Waals surface area contributed by atoms with Crippen molar-refractivity contribution in [2.75, 3.05) is 11.9 Å². The van der Waals surface area contributed by atoms with Gasteiger partial charge in [0.2, 0.25) is 0 Å². The number of aryl methyl sites for hydroxylation is 1. The van der Waals surface area contributed by atoms with Crippen molar-refractivity contribution >= 4 is 5.69 Å². The van der Waals surface area contributed by atoms with Gasteiger partial charge in [-0.25, -0.2) is 8.78 Å². The molecule has 0 spiro atoms. The summed E-state index contributed by atoms with van der Waals surface area (Å²) in [5, 5.41) is 4.04. The van der Waals surface area contributed by atoms with Crippen LogP contribution in [0.5, 0.6) is 0 Å². The highest BCUT2D eigenvalue weighted by atomic mass is 19.2. The van der Waals surface area contributed by atoms with E-state index < -0.39 is 11.6 Å². The van der Waals surface area contributed by atoms with E-state index in [2.05, 4.69) is 5.10 Å². The number of hydrogen-bond acceptors (Lipinski definition) is 3. The second-order valence-corrected chi connectivity index (χ2v) is 4.45. The Morgan fingerprint density at radius 2 is 2.05 bits per heavy atom. The number of hydrogen-bond donors (Lipinski definition) is 1. The molecule has 0 atom stereocenters. The van der Waals surface area contributed by atoms with Gasteiger partial charge in [0.1, 0.15) is 0 Å². The van der Waals surface area contributed by atoms with Gasteiger partial charge in [-0.2, -0.15) is 5.10 Å². The molecule has 102 valence electrons. The maximum absolute atomic E-state index is 13.9. The van der Waals surface area contributed by atoms with Crippen molar-refractivity contribution < 1.29 is 8.78 Å². The van der Waals surface area contributed by atoms with E-state index in [1.807, 2.05) is 6.20 Å². The molecular weight excluding hydrogens is 250 g/mol. The van der Waals surface area contributed by atoms with Crippen LogP contribution in [-0.2, 0) is 20.1 Å². The van der Waals surface area contributed by atoms with Crippen LogP contribution in [0.2, 0.25) is 0 Å². The molecule has 0 bridgehead atoms. The predicted octanol–water partition coefficient (Wildman–Crippen LogP) is 1.79. The molecule has 0 aliphatic rings. The van der Waals surface area contributed by atoms with E-state index in [9.17, 15) is 8.78 Å². The second-order valence-electron chi connectivity index (χ2n) is 4.45. The van der Waals surface area contributed by atoms with Crippen LogP contribution in [-0.4, -0.2) is 16.8 Å². The third-order valence-corrected chi connectivity index (χ3v) is 2.95. The molecule has 0 aliphatic carbocycles. The van der Waals surface area contributed by atoms with Gasteiger partial charge in [0, 0.05) is 44.5 Å². The lowest BCUT2D eigenvalue weighted by molar-refractivity contribution is 0.498. The van der Waals surface area contributed by atoms with Crippen LogP contribution >= 0.6 is 0 Å². The quantitative estimate of drug-likeness (QED) is 0.917. The first-order chi connectivity index (χ1) is 9.02. The number of anilines is 1. The van der Waals surface area contributed by atoms with Crippen LogP contribution in [0.3, 0.4) is 0 Å². The van der Waals surface area contributed by atoms with Gasteiger partial charge in [0.05, 0.1) is 11.9 Å². The van der Waals surface area contributed by atoms with E-state index in [1.165, 1.54) is 12.1 Å². The summed E-state index contributed by atoms with van der Waals surface area (Å²) in [7, 11) is 3.51. The molecule has 2 rings (SSSR count). The molecular formula is C13H16F2N4. The fraction of sp³-hybridized carbons (Fsp3) is 0.308. The lowest BCUT2D eigenvalue weighted by Gasteiger charge is -2.20. The van der Waals surface area contributed by atoms with E-state index in [4.69, 9.17) is 5.73 Å². The maximum Gasteiger partial charge on any atom is 0.182 e. The minimum atomic E-state index is -0.877. The van der Waals surface area contributed by atoms with Crippen molar-refractivity contribution in [3.05, 3.63) is 47.3 Å². The number of nitrogens with two attached hydrogens (primary N) is 1. The standard InChI is InChI=1S/C13H16F2N4/c1-18(7-9-6-17-19(2)8-9)11-4-3-10(5-16)12(14)13(11)15/h3-4,6,8H,5,7,16H2,1-2H3. The average Bonchev–Trinajstić information content (AvgIpc) is 2.78. The summed E-state index contributed by atoms with van der Waals surface area (Å²) in [6, 6.07) is 3.05. The van der Waals surface area contributed by atoms with E-state index in [-0.39, 0.29) is 17.8 Å².